The van der Waals surface area contributed by atoms with E-state index in [1.165, 1.54) is 0 Å². The molecular weight excluding hydrogens is 316 g/mol. The molecule has 1 saturated heterocycles. The normalized spacial score (nSPS) is 18.1. The van der Waals surface area contributed by atoms with Gasteiger partial charge in [0.25, 0.3) is 0 Å². The van der Waals surface area contributed by atoms with Gasteiger partial charge in [-0.1, -0.05) is 0 Å². The molecule has 1 heterocycles. The van der Waals surface area contributed by atoms with Crippen LogP contribution in [0.3, 0.4) is 0 Å². The number of carbonyl (C=O) groups is 1. The van der Waals surface area contributed by atoms with Crippen molar-refractivity contribution in [3.8, 4) is 0 Å². The largest absolute Gasteiger partial charge is 0.384 e. The van der Waals surface area contributed by atoms with E-state index in [1.807, 2.05) is 0 Å². The standard InChI is InChI=1S/C13H26N2O4S.ClH/c1-11(2)20(17,18)8-12(16)15-9-13(10-19-3)4-6-14-7-5-13;/h11,14H,4-10H2,1-3H3,(H,15,16);1H. The van der Waals surface area contributed by atoms with Gasteiger partial charge in [-0.3, -0.25) is 4.79 Å². The van der Waals surface area contributed by atoms with E-state index in [9.17, 15) is 13.2 Å². The van der Waals surface area contributed by atoms with Crippen molar-refractivity contribution in [2.45, 2.75) is 31.9 Å². The summed E-state index contributed by atoms with van der Waals surface area (Å²) in [6, 6.07) is 0. The lowest BCUT2D eigenvalue weighted by Gasteiger charge is -2.37. The Morgan fingerprint density at radius 2 is 1.90 bits per heavy atom. The quantitative estimate of drug-likeness (QED) is 0.698. The van der Waals surface area contributed by atoms with Gasteiger partial charge in [-0.15, -0.1) is 12.4 Å². The number of rotatable bonds is 7. The number of piperidine rings is 1. The molecule has 0 spiro atoms. The van der Waals surface area contributed by atoms with Crippen molar-refractivity contribution >= 4 is 28.2 Å². The summed E-state index contributed by atoms with van der Waals surface area (Å²) in [6.07, 6.45) is 1.83. The van der Waals surface area contributed by atoms with Crippen molar-refractivity contribution in [3.05, 3.63) is 0 Å². The van der Waals surface area contributed by atoms with E-state index >= 15 is 0 Å². The van der Waals surface area contributed by atoms with Gasteiger partial charge in [0.05, 0.1) is 11.9 Å². The van der Waals surface area contributed by atoms with Crippen LogP contribution in [0, 0.1) is 5.41 Å². The molecule has 1 aliphatic heterocycles. The number of nitrogens with one attached hydrogen (secondary N) is 2. The van der Waals surface area contributed by atoms with Crippen molar-refractivity contribution in [1.29, 1.82) is 0 Å². The Hall–Kier alpha value is -0.370. The van der Waals surface area contributed by atoms with Gasteiger partial charge in [0, 0.05) is 19.1 Å². The van der Waals surface area contributed by atoms with Crippen LogP contribution < -0.4 is 10.6 Å². The minimum absolute atomic E-state index is 0. The van der Waals surface area contributed by atoms with Gasteiger partial charge in [-0.25, -0.2) is 8.42 Å². The topological polar surface area (TPSA) is 84.5 Å². The van der Waals surface area contributed by atoms with Crippen LogP contribution in [-0.2, 0) is 19.4 Å². The summed E-state index contributed by atoms with van der Waals surface area (Å²) in [5.74, 6) is -0.862. The number of ether oxygens (including phenoxy) is 1. The molecule has 2 N–H and O–H groups in total. The van der Waals surface area contributed by atoms with Crippen LogP contribution in [-0.4, -0.2) is 58.7 Å². The molecule has 21 heavy (non-hydrogen) atoms. The summed E-state index contributed by atoms with van der Waals surface area (Å²) in [4.78, 5) is 11.8. The van der Waals surface area contributed by atoms with Crippen molar-refractivity contribution in [2.75, 3.05) is 39.1 Å². The third kappa shape index (κ3) is 6.50. The SMILES string of the molecule is COCC1(CNC(=O)CS(=O)(=O)C(C)C)CCNCC1.Cl. The second kappa shape index (κ2) is 8.92. The molecule has 126 valence electrons. The van der Waals surface area contributed by atoms with Gasteiger partial charge in [-0.05, 0) is 39.8 Å². The minimum atomic E-state index is -3.34. The van der Waals surface area contributed by atoms with Crippen LogP contribution in [0.4, 0.5) is 0 Å². The van der Waals surface area contributed by atoms with Crippen LogP contribution in [0.15, 0.2) is 0 Å². The molecule has 0 unspecified atom stereocenters. The fraction of sp³-hybridized carbons (Fsp3) is 0.923. The fourth-order valence-electron chi connectivity index (χ4n) is 2.32. The van der Waals surface area contributed by atoms with E-state index in [-0.39, 0.29) is 17.8 Å². The molecule has 1 fully saturated rings. The first-order valence-corrected chi connectivity index (χ1v) is 8.71. The van der Waals surface area contributed by atoms with Gasteiger partial charge < -0.3 is 15.4 Å². The average Bonchev–Trinajstić information content (AvgIpc) is 2.37. The molecule has 0 aliphatic carbocycles. The molecule has 0 radical (unpaired) electrons. The van der Waals surface area contributed by atoms with Crippen LogP contribution in [0.1, 0.15) is 26.7 Å². The third-order valence-electron chi connectivity index (χ3n) is 3.83. The first-order valence-electron chi connectivity index (χ1n) is 6.99. The Bertz CT molecular complexity index is 414. The van der Waals surface area contributed by atoms with Crippen LogP contribution in [0.2, 0.25) is 0 Å². The maximum absolute atomic E-state index is 11.8. The average molecular weight is 343 g/mol. The van der Waals surface area contributed by atoms with Crippen molar-refractivity contribution in [2.24, 2.45) is 5.41 Å². The van der Waals surface area contributed by atoms with E-state index in [0.29, 0.717) is 13.2 Å². The van der Waals surface area contributed by atoms with Crippen LogP contribution in [0.25, 0.3) is 0 Å². The number of amides is 1. The first-order chi connectivity index (χ1) is 9.31. The van der Waals surface area contributed by atoms with Gasteiger partial charge in [0.1, 0.15) is 5.75 Å². The zero-order valence-electron chi connectivity index (χ0n) is 13.0. The zero-order chi connectivity index (χ0) is 15.2. The van der Waals surface area contributed by atoms with Gasteiger partial charge in [-0.2, -0.15) is 0 Å². The molecule has 6 nitrogen and oxygen atoms in total. The molecule has 0 aromatic heterocycles. The van der Waals surface area contributed by atoms with E-state index < -0.39 is 26.7 Å². The second-order valence-corrected chi connectivity index (χ2v) is 8.37. The molecule has 0 saturated carbocycles. The Morgan fingerprint density at radius 1 is 1.33 bits per heavy atom. The Labute approximate surface area is 133 Å². The Kier molecular flexibility index (Phi) is 8.77. The molecule has 1 amide bonds. The Balaban J connectivity index is 0.00000400. The van der Waals surface area contributed by atoms with Crippen LogP contribution in [0.5, 0.6) is 0 Å². The van der Waals surface area contributed by atoms with Crippen molar-refractivity contribution in [3.63, 3.8) is 0 Å². The second-order valence-electron chi connectivity index (χ2n) is 5.82. The highest BCUT2D eigenvalue weighted by Crippen LogP contribution is 2.28. The van der Waals surface area contributed by atoms with Gasteiger partial charge >= 0.3 is 0 Å². The summed E-state index contributed by atoms with van der Waals surface area (Å²) in [6.45, 7) is 6.00. The Morgan fingerprint density at radius 3 is 2.38 bits per heavy atom. The molecule has 1 aliphatic rings. The van der Waals surface area contributed by atoms with E-state index in [4.69, 9.17) is 4.74 Å². The molecular formula is C13H27ClN2O4S. The predicted octanol–water partition coefficient (Wildman–Crippen LogP) is 0.364. The minimum Gasteiger partial charge on any atom is -0.384 e. The lowest BCUT2D eigenvalue weighted by molar-refractivity contribution is -0.119. The molecule has 0 atom stereocenters. The van der Waals surface area contributed by atoms with E-state index in [1.54, 1.807) is 21.0 Å². The van der Waals surface area contributed by atoms with Crippen molar-refractivity contribution in [1.82, 2.24) is 10.6 Å². The summed E-state index contributed by atoms with van der Waals surface area (Å²) in [5.41, 5.74) is -0.0861. The summed E-state index contributed by atoms with van der Waals surface area (Å²) in [5, 5.41) is 5.51. The summed E-state index contributed by atoms with van der Waals surface area (Å²) in [7, 11) is -1.69. The number of halogens is 1. The number of methoxy groups -OCH3 is 1. The predicted molar refractivity (Wildman–Crippen MR) is 85.6 cm³/mol. The van der Waals surface area contributed by atoms with E-state index in [2.05, 4.69) is 10.6 Å². The highest BCUT2D eigenvalue weighted by molar-refractivity contribution is 7.92. The molecule has 1 rings (SSSR count). The highest BCUT2D eigenvalue weighted by atomic mass is 35.5. The van der Waals surface area contributed by atoms with E-state index in [0.717, 1.165) is 25.9 Å². The maximum Gasteiger partial charge on any atom is 0.235 e. The fourth-order valence-corrected chi connectivity index (χ4v) is 3.12. The summed E-state index contributed by atoms with van der Waals surface area (Å²) < 4.78 is 28.7. The van der Waals surface area contributed by atoms with Crippen molar-refractivity contribution < 1.29 is 17.9 Å². The van der Waals surface area contributed by atoms with Gasteiger partial charge in [0.15, 0.2) is 9.84 Å². The highest BCUT2D eigenvalue weighted by Gasteiger charge is 2.33. The number of sulfone groups is 1. The number of hydrogen-bond donors (Lipinski definition) is 2. The third-order valence-corrected chi connectivity index (χ3v) is 5.93. The lowest BCUT2D eigenvalue weighted by atomic mass is 9.79. The lowest BCUT2D eigenvalue weighted by Crippen LogP contribution is -2.48. The van der Waals surface area contributed by atoms with Gasteiger partial charge in [0.2, 0.25) is 5.91 Å². The smallest absolute Gasteiger partial charge is 0.235 e. The number of carbonyl (C=O) groups excluding carboxylic acids is 1. The molecule has 0 aromatic carbocycles. The summed E-state index contributed by atoms with van der Waals surface area (Å²) >= 11 is 0. The molecule has 0 bridgehead atoms. The first kappa shape index (κ1) is 20.6. The number of hydrogen-bond acceptors (Lipinski definition) is 5. The molecule has 8 heteroatoms. The zero-order valence-corrected chi connectivity index (χ0v) is 14.6. The monoisotopic (exact) mass is 342 g/mol. The maximum atomic E-state index is 11.8. The van der Waals surface area contributed by atoms with Crippen LogP contribution >= 0.6 is 12.4 Å². The molecule has 0 aromatic rings.